The molecule has 0 saturated carbocycles. The summed E-state index contributed by atoms with van der Waals surface area (Å²) < 4.78 is 0. The zero-order valence-electron chi connectivity index (χ0n) is 14.8. The number of phenolic OH excluding ortho intramolecular Hbond substituents is 1. The summed E-state index contributed by atoms with van der Waals surface area (Å²) >= 11 is 0. The minimum atomic E-state index is -0.461. The lowest BCUT2D eigenvalue weighted by molar-refractivity contribution is 0.101. The molecule has 2 aromatic rings. The second kappa shape index (κ2) is 5.15. The van der Waals surface area contributed by atoms with E-state index in [-0.39, 0.29) is 22.9 Å². The van der Waals surface area contributed by atoms with Gasteiger partial charge >= 0.3 is 0 Å². The van der Waals surface area contributed by atoms with Gasteiger partial charge in [-0.15, -0.1) is 0 Å². The maximum atomic E-state index is 13.3. The Hall–Kier alpha value is -3.19. The molecule has 0 bridgehead atoms. The van der Waals surface area contributed by atoms with Crippen LogP contribution in [-0.4, -0.2) is 16.7 Å². The lowest BCUT2D eigenvalue weighted by Crippen LogP contribution is -2.30. The van der Waals surface area contributed by atoms with Crippen LogP contribution in [0.4, 0.5) is 0 Å². The Morgan fingerprint density at radius 3 is 2.58 bits per heavy atom. The minimum absolute atomic E-state index is 0.0940. The summed E-state index contributed by atoms with van der Waals surface area (Å²) in [5, 5.41) is 19.4. The van der Waals surface area contributed by atoms with Crippen LogP contribution in [0, 0.1) is 11.3 Å². The van der Waals surface area contributed by atoms with Gasteiger partial charge in [-0.1, -0.05) is 19.9 Å². The van der Waals surface area contributed by atoms with E-state index in [4.69, 9.17) is 5.26 Å². The van der Waals surface area contributed by atoms with Crippen LogP contribution in [-0.2, 0) is 11.8 Å². The highest BCUT2D eigenvalue weighted by molar-refractivity contribution is 6.33. The van der Waals surface area contributed by atoms with Crippen LogP contribution < -0.4 is 0 Å². The first-order valence-electron chi connectivity index (χ1n) is 8.46. The Balaban J connectivity index is 1.97. The Morgan fingerprint density at radius 2 is 1.92 bits per heavy atom. The molecule has 0 aromatic heterocycles. The van der Waals surface area contributed by atoms with E-state index in [0.29, 0.717) is 23.1 Å². The highest BCUT2D eigenvalue weighted by Crippen LogP contribution is 2.50. The van der Waals surface area contributed by atoms with Crippen molar-refractivity contribution < 1.29 is 14.7 Å². The SMILES string of the molecule is CC(=O)c1cc2c(cc1O)C(C)(C)C1=C(C2=O)c2ccc(C#N)cc2C1. The van der Waals surface area contributed by atoms with Crippen molar-refractivity contribution >= 4 is 17.1 Å². The number of ketones is 2. The van der Waals surface area contributed by atoms with Crippen molar-refractivity contribution in [1.82, 2.24) is 0 Å². The number of carbonyl (C=O) groups is 2. The van der Waals surface area contributed by atoms with E-state index in [0.717, 1.165) is 22.3 Å². The number of hydrogen-bond donors (Lipinski definition) is 1. The van der Waals surface area contributed by atoms with Crippen LogP contribution in [0.25, 0.3) is 5.57 Å². The maximum Gasteiger partial charge on any atom is 0.193 e. The molecule has 2 aliphatic rings. The summed E-state index contributed by atoms with van der Waals surface area (Å²) in [6.45, 7) is 5.42. The highest BCUT2D eigenvalue weighted by atomic mass is 16.3. The van der Waals surface area contributed by atoms with Crippen LogP contribution in [0.2, 0.25) is 0 Å². The molecule has 0 radical (unpaired) electrons. The second-order valence-corrected chi connectivity index (χ2v) is 7.44. The van der Waals surface area contributed by atoms with Gasteiger partial charge in [0.05, 0.1) is 17.2 Å². The lowest BCUT2D eigenvalue weighted by Gasteiger charge is -2.34. The van der Waals surface area contributed by atoms with Crippen molar-refractivity contribution in [3.63, 3.8) is 0 Å². The number of carbonyl (C=O) groups excluding carboxylic acids is 2. The first kappa shape index (κ1) is 16.3. The van der Waals surface area contributed by atoms with Crippen LogP contribution in [0.3, 0.4) is 0 Å². The molecule has 0 aliphatic heterocycles. The summed E-state index contributed by atoms with van der Waals surface area (Å²) in [6.07, 6.45) is 0.605. The van der Waals surface area contributed by atoms with Gasteiger partial charge < -0.3 is 5.11 Å². The van der Waals surface area contributed by atoms with E-state index in [1.165, 1.54) is 13.0 Å². The molecule has 0 amide bonds. The quantitative estimate of drug-likeness (QED) is 0.795. The smallest absolute Gasteiger partial charge is 0.193 e. The molecule has 26 heavy (non-hydrogen) atoms. The maximum absolute atomic E-state index is 13.3. The first-order chi connectivity index (χ1) is 12.3. The number of Topliss-reactive ketones (excluding diaryl/α,β-unsaturated/α-hetero) is 2. The number of aromatic hydroxyl groups is 1. The van der Waals surface area contributed by atoms with Gasteiger partial charge in [0.2, 0.25) is 0 Å². The molecule has 0 fully saturated rings. The highest BCUT2D eigenvalue weighted by Gasteiger charge is 2.43. The third-order valence-corrected chi connectivity index (χ3v) is 5.59. The zero-order chi connectivity index (χ0) is 18.8. The third-order valence-electron chi connectivity index (χ3n) is 5.59. The van der Waals surface area contributed by atoms with Gasteiger partial charge in [-0.25, -0.2) is 0 Å². The lowest BCUT2D eigenvalue weighted by atomic mass is 9.68. The van der Waals surface area contributed by atoms with E-state index in [2.05, 4.69) is 6.07 Å². The molecule has 0 unspecified atom stereocenters. The number of nitrogens with zero attached hydrogens (tertiary/aromatic N) is 1. The van der Waals surface area contributed by atoms with E-state index in [9.17, 15) is 14.7 Å². The van der Waals surface area contributed by atoms with Crippen molar-refractivity contribution in [2.24, 2.45) is 0 Å². The number of allylic oxidation sites excluding steroid dienone is 2. The average Bonchev–Trinajstić information content (AvgIpc) is 2.99. The van der Waals surface area contributed by atoms with Crippen LogP contribution in [0.15, 0.2) is 35.9 Å². The molecule has 128 valence electrons. The van der Waals surface area contributed by atoms with Crippen molar-refractivity contribution in [3.05, 3.63) is 69.3 Å². The summed E-state index contributed by atoms with van der Waals surface area (Å²) in [5.41, 5.74) is 4.97. The topological polar surface area (TPSA) is 78.2 Å². The Bertz CT molecular complexity index is 1100. The molecule has 0 saturated heterocycles. The summed E-state index contributed by atoms with van der Waals surface area (Å²) in [5.74, 6) is -0.495. The number of hydrogen-bond acceptors (Lipinski definition) is 4. The van der Waals surface area contributed by atoms with Crippen molar-refractivity contribution in [1.29, 1.82) is 5.26 Å². The zero-order valence-corrected chi connectivity index (χ0v) is 14.8. The second-order valence-electron chi connectivity index (χ2n) is 7.44. The fourth-order valence-corrected chi connectivity index (χ4v) is 4.16. The minimum Gasteiger partial charge on any atom is -0.507 e. The molecule has 1 N–H and O–H groups in total. The van der Waals surface area contributed by atoms with Gasteiger partial charge in [0, 0.05) is 16.6 Å². The average molecular weight is 343 g/mol. The molecule has 4 heteroatoms. The Kier molecular flexibility index (Phi) is 3.23. The number of phenols is 1. The van der Waals surface area contributed by atoms with Crippen molar-refractivity contribution in [3.8, 4) is 11.8 Å². The molecular weight excluding hydrogens is 326 g/mol. The summed E-state index contributed by atoms with van der Waals surface area (Å²) in [4.78, 5) is 25.1. The molecule has 4 nitrogen and oxygen atoms in total. The van der Waals surface area contributed by atoms with Gasteiger partial charge in [0.1, 0.15) is 5.75 Å². The number of rotatable bonds is 1. The van der Waals surface area contributed by atoms with Gasteiger partial charge in [0.15, 0.2) is 11.6 Å². The number of fused-ring (bicyclic) bond motifs is 3. The van der Waals surface area contributed by atoms with E-state index < -0.39 is 5.41 Å². The summed E-state index contributed by atoms with van der Waals surface area (Å²) in [6, 6.07) is 10.6. The number of benzene rings is 2. The fourth-order valence-electron chi connectivity index (χ4n) is 4.16. The first-order valence-corrected chi connectivity index (χ1v) is 8.46. The van der Waals surface area contributed by atoms with Crippen LogP contribution in [0.1, 0.15) is 63.7 Å². The van der Waals surface area contributed by atoms with Gasteiger partial charge in [-0.05, 0) is 59.9 Å². The Morgan fingerprint density at radius 1 is 1.19 bits per heavy atom. The third kappa shape index (κ3) is 2.01. The fraction of sp³-hybridized carbons (Fsp3) is 0.227. The normalized spacial score (nSPS) is 16.6. The molecule has 0 heterocycles. The van der Waals surface area contributed by atoms with Crippen molar-refractivity contribution in [2.45, 2.75) is 32.6 Å². The molecule has 2 aromatic carbocycles. The van der Waals surface area contributed by atoms with Gasteiger partial charge in [-0.3, -0.25) is 9.59 Å². The molecule has 4 rings (SSSR count). The van der Waals surface area contributed by atoms with Gasteiger partial charge in [0.25, 0.3) is 0 Å². The van der Waals surface area contributed by atoms with Crippen molar-refractivity contribution in [2.75, 3.05) is 0 Å². The molecular formula is C22H17NO3. The predicted octanol–water partition coefficient (Wildman–Crippen LogP) is 3.95. The Labute approximate surface area is 151 Å². The van der Waals surface area contributed by atoms with E-state index >= 15 is 0 Å². The van der Waals surface area contributed by atoms with E-state index in [1.54, 1.807) is 12.1 Å². The van der Waals surface area contributed by atoms with Crippen LogP contribution in [0.5, 0.6) is 5.75 Å². The summed E-state index contributed by atoms with van der Waals surface area (Å²) in [7, 11) is 0. The number of nitriles is 1. The monoisotopic (exact) mass is 343 g/mol. The molecule has 0 spiro atoms. The predicted molar refractivity (Wildman–Crippen MR) is 97.2 cm³/mol. The largest absolute Gasteiger partial charge is 0.507 e. The van der Waals surface area contributed by atoms with Gasteiger partial charge in [-0.2, -0.15) is 5.26 Å². The molecule has 0 atom stereocenters. The molecule has 2 aliphatic carbocycles. The standard InChI is InChI=1S/C22H17NO3/c1-11(24)15-8-16-17(9-19(15)25)22(2,3)18-7-13-6-12(10-23)4-5-14(13)20(18)21(16)26/h4-6,8-9,25H,7H2,1-3H3. The van der Waals surface area contributed by atoms with E-state index in [1.807, 2.05) is 26.0 Å². The van der Waals surface area contributed by atoms with Crippen LogP contribution >= 0.6 is 0 Å².